The molecule has 8 heteroatoms. The number of ether oxygens (including phenoxy) is 1. The molecule has 1 saturated heterocycles. The fourth-order valence-electron chi connectivity index (χ4n) is 4.92. The van der Waals surface area contributed by atoms with E-state index >= 15 is 0 Å². The highest BCUT2D eigenvalue weighted by Gasteiger charge is 2.37. The van der Waals surface area contributed by atoms with Crippen molar-refractivity contribution in [3.63, 3.8) is 0 Å². The van der Waals surface area contributed by atoms with Crippen molar-refractivity contribution in [3.05, 3.63) is 89.0 Å². The van der Waals surface area contributed by atoms with Crippen LogP contribution >= 0.6 is 0 Å². The van der Waals surface area contributed by atoms with E-state index in [0.29, 0.717) is 18.0 Å². The Morgan fingerprint density at radius 2 is 1.62 bits per heavy atom. The first-order valence-electron chi connectivity index (χ1n) is 12.7. The molecule has 0 aliphatic carbocycles. The van der Waals surface area contributed by atoms with E-state index in [-0.39, 0.29) is 17.3 Å². The molecule has 37 heavy (non-hydrogen) atoms. The molecule has 5 rings (SSSR count). The van der Waals surface area contributed by atoms with Gasteiger partial charge in [0.2, 0.25) is 0 Å². The number of amides is 1. The van der Waals surface area contributed by atoms with E-state index in [4.69, 9.17) is 4.74 Å². The summed E-state index contributed by atoms with van der Waals surface area (Å²) in [6.45, 7) is 7.13. The summed E-state index contributed by atoms with van der Waals surface area (Å²) >= 11 is 0. The first kappa shape index (κ1) is 25.3. The van der Waals surface area contributed by atoms with Crippen molar-refractivity contribution < 1.29 is 17.9 Å². The summed E-state index contributed by atoms with van der Waals surface area (Å²) in [6, 6.07) is 20.2. The zero-order chi connectivity index (χ0) is 26.0. The molecule has 1 atom stereocenters. The number of aryl methyl sites for hydroxylation is 2. The Hall–Kier alpha value is -3.36. The van der Waals surface area contributed by atoms with E-state index in [1.54, 1.807) is 36.4 Å². The van der Waals surface area contributed by atoms with E-state index in [1.165, 1.54) is 22.7 Å². The van der Waals surface area contributed by atoms with Crippen LogP contribution < -0.4 is 14.4 Å². The third-order valence-electron chi connectivity index (χ3n) is 7.05. The van der Waals surface area contributed by atoms with Gasteiger partial charge in [-0.1, -0.05) is 48.0 Å². The molecule has 3 aromatic rings. The molecule has 0 bridgehead atoms. The van der Waals surface area contributed by atoms with Crippen LogP contribution in [0.15, 0.2) is 71.6 Å². The minimum Gasteiger partial charge on any atom is -0.476 e. The topological polar surface area (TPSA) is 79.0 Å². The molecule has 2 aliphatic rings. The highest BCUT2D eigenvalue weighted by Crippen LogP contribution is 2.37. The Bertz CT molecular complexity index is 1380. The van der Waals surface area contributed by atoms with Crippen molar-refractivity contribution in [2.75, 3.05) is 23.9 Å². The monoisotopic (exact) mass is 519 g/mol. The Kier molecular flexibility index (Phi) is 7.22. The van der Waals surface area contributed by atoms with Gasteiger partial charge in [0, 0.05) is 13.1 Å². The number of hydrogen-bond donors (Lipinski definition) is 1. The molecule has 2 heterocycles. The molecular weight excluding hydrogens is 486 g/mol. The average molecular weight is 520 g/mol. The molecule has 1 fully saturated rings. The van der Waals surface area contributed by atoms with Gasteiger partial charge in [-0.25, -0.2) is 8.42 Å². The lowest BCUT2D eigenvalue weighted by Crippen LogP contribution is -2.50. The van der Waals surface area contributed by atoms with Gasteiger partial charge >= 0.3 is 0 Å². The number of nitrogens with one attached hydrogen (secondary N) is 1. The zero-order valence-corrected chi connectivity index (χ0v) is 22.1. The summed E-state index contributed by atoms with van der Waals surface area (Å²) in [7, 11) is -3.89. The van der Waals surface area contributed by atoms with Gasteiger partial charge in [-0.15, -0.1) is 0 Å². The second-order valence-corrected chi connectivity index (χ2v) is 11.8. The van der Waals surface area contributed by atoms with Crippen molar-refractivity contribution in [1.29, 1.82) is 0 Å². The predicted octanol–water partition coefficient (Wildman–Crippen LogP) is 4.17. The maximum Gasteiger partial charge on any atom is 0.264 e. The molecular formula is C29H33N3O4S. The number of nitrogens with zero attached hydrogens (tertiary/aromatic N) is 2. The summed E-state index contributed by atoms with van der Waals surface area (Å²) in [5.41, 5.74) is 4.58. The van der Waals surface area contributed by atoms with Gasteiger partial charge in [-0.05, 0) is 80.7 Å². The zero-order valence-electron chi connectivity index (χ0n) is 21.3. The molecule has 194 valence electrons. The Morgan fingerprint density at radius 1 is 0.946 bits per heavy atom. The number of carbonyl (C=O) groups is 1. The third-order valence-corrected chi connectivity index (χ3v) is 8.84. The standard InChI is InChI=1S/C29H33N3O4S/c1-21-9-12-25(13-10-21)37(34,35)32-20-28(36-27-17-22(2)11-14-26(27)32)29(33)30-18-23-7-3-4-8-24(23)19-31-15-5-6-16-31/h3-4,7-14,17,28H,5-6,15-16,18-20H2,1-2H3,(H,30,33)/t28-/m1/s1. The lowest BCUT2D eigenvalue weighted by Gasteiger charge is -2.35. The largest absolute Gasteiger partial charge is 0.476 e. The number of fused-ring (bicyclic) bond motifs is 1. The summed E-state index contributed by atoms with van der Waals surface area (Å²) in [4.78, 5) is 15.9. The second kappa shape index (κ2) is 10.6. The molecule has 0 unspecified atom stereocenters. The predicted molar refractivity (Wildman–Crippen MR) is 144 cm³/mol. The van der Waals surface area contributed by atoms with Crippen LogP contribution in [0.1, 0.15) is 35.1 Å². The maximum absolute atomic E-state index is 13.6. The third kappa shape index (κ3) is 5.50. The number of hydrogen-bond acceptors (Lipinski definition) is 5. The average Bonchev–Trinajstić information content (AvgIpc) is 3.40. The molecule has 2 aliphatic heterocycles. The second-order valence-electron chi connectivity index (χ2n) is 9.90. The summed E-state index contributed by atoms with van der Waals surface area (Å²) < 4.78 is 34.6. The number of rotatable bonds is 7. The summed E-state index contributed by atoms with van der Waals surface area (Å²) in [5.74, 6) is 0.0451. The van der Waals surface area contributed by atoms with E-state index in [9.17, 15) is 13.2 Å². The van der Waals surface area contributed by atoms with Crippen LogP contribution in [0.4, 0.5) is 5.69 Å². The fourth-order valence-corrected chi connectivity index (χ4v) is 6.40. The first-order valence-corrected chi connectivity index (χ1v) is 14.2. The molecule has 3 aromatic carbocycles. The summed E-state index contributed by atoms with van der Waals surface area (Å²) in [6.07, 6.45) is 1.47. The van der Waals surface area contributed by atoms with Crippen LogP contribution in [-0.4, -0.2) is 45.0 Å². The van der Waals surface area contributed by atoms with Crippen LogP contribution in [0.3, 0.4) is 0 Å². The highest BCUT2D eigenvalue weighted by molar-refractivity contribution is 7.92. The van der Waals surface area contributed by atoms with Crippen LogP contribution in [-0.2, 0) is 27.9 Å². The van der Waals surface area contributed by atoms with Crippen molar-refractivity contribution in [2.45, 2.75) is 50.8 Å². The number of likely N-dealkylation sites (tertiary alicyclic amines) is 1. The molecule has 0 radical (unpaired) electrons. The highest BCUT2D eigenvalue weighted by atomic mass is 32.2. The van der Waals surface area contributed by atoms with Gasteiger partial charge in [0.05, 0.1) is 17.1 Å². The Morgan fingerprint density at radius 3 is 2.35 bits per heavy atom. The summed E-state index contributed by atoms with van der Waals surface area (Å²) in [5, 5.41) is 2.99. The molecule has 7 nitrogen and oxygen atoms in total. The molecule has 0 saturated carbocycles. The van der Waals surface area contributed by atoms with Gasteiger partial charge < -0.3 is 10.1 Å². The van der Waals surface area contributed by atoms with Gasteiger partial charge in [0.25, 0.3) is 15.9 Å². The number of anilines is 1. The lowest BCUT2D eigenvalue weighted by molar-refractivity contribution is -0.127. The van der Waals surface area contributed by atoms with Crippen LogP contribution in [0.2, 0.25) is 0 Å². The van der Waals surface area contributed by atoms with Crippen molar-refractivity contribution in [1.82, 2.24) is 10.2 Å². The van der Waals surface area contributed by atoms with Crippen molar-refractivity contribution in [2.24, 2.45) is 0 Å². The van der Waals surface area contributed by atoms with E-state index < -0.39 is 16.1 Å². The van der Waals surface area contributed by atoms with Crippen molar-refractivity contribution in [3.8, 4) is 5.75 Å². The minimum absolute atomic E-state index is 0.104. The van der Waals surface area contributed by atoms with Crippen LogP contribution in [0, 0.1) is 13.8 Å². The minimum atomic E-state index is -3.89. The van der Waals surface area contributed by atoms with E-state index in [2.05, 4.69) is 16.3 Å². The van der Waals surface area contributed by atoms with Crippen LogP contribution in [0.25, 0.3) is 0 Å². The number of carbonyl (C=O) groups excluding carboxylic acids is 1. The van der Waals surface area contributed by atoms with Gasteiger partial charge in [0.15, 0.2) is 6.10 Å². The SMILES string of the molecule is Cc1ccc(S(=O)(=O)N2C[C@H](C(=O)NCc3ccccc3CN3CCCC3)Oc3cc(C)ccc32)cc1. The van der Waals surface area contributed by atoms with E-state index in [1.807, 2.05) is 38.1 Å². The van der Waals surface area contributed by atoms with Crippen molar-refractivity contribution >= 4 is 21.6 Å². The molecule has 0 aromatic heterocycles. The Labute approximate surface area is 219 Å². The Balaban J connectivity index is 1.36. The maximum atomic E-state index is 13.6. The smallest absolute Gasteiger partial charge is 0.264 e. The normalized spacial score (nSPS) is 17.8. The van der Waals surface area contributed by atoms with Crippen LogP contribution in [0.5, 0.6) is 5.75 Å². The molecule has 1 amide bonds. The lowest BCUT2D eigenvalue weighted by atomic mass is 10.1. The first-order chi connectivity index (χ1) is 17.8. The van der Waals surface area contributed by atoms with Gasteiger partial charge in [0.1, 0.15) is 5.75 Å². The fraction of sp³-hybridized carbons (Fsp3) is 0.345. The van der Waals surface area contributed by atoms with Gasteiger partial charge in [-0.2, -0.15) is 0 Å². The number of sulfonamides is 1. The van der Waals surface area contributed by atoms with E-state index in [0.717, 1.165) is 36.3 Å². The number of benzene rings is 3. The molecule has 1 N–H and O–H groups in total. The quantitative estimate of drug-likeness (QED) is 0.507. The molecule has 0 spiro atoms. The van der Waals surface area contributed by atoms with Gasteiger partial charge in [-0.3, -0.25) is 14.0 Å².